The van der Waals surface area contributed by atoms with Crippen molar-refractivity contribution in [2.75, 3.05) is 0 Å². The number of rotatable bonds is 1. The van der Waals surface area contributed by atoms with Crippen LogP contribution in [0.4, 0.5) is 0 Å². The lowest BCUT2D eigenvalue weighted by Crippen LogP contribution is -2.57. The first-order valence-electron chi connectivity index (χ1n) is 21.6. The van der Waals surface area contributed by atoms with Gasteiger partial charge in [-0.1, -0.05) is 90.5 Å². The van der Waals surface area contributed by atoms with E-state index in [9.17, 15) is 0 Å². The summed E-state index contributed by atoms with van der Waals surface area (Å²) in [4.78, 5) is 0. The van der Waals surface area contributed by atoms with Gasteiger partial charge < -0.3 is 9.31 Å². The molecule has 1 heterocycles. The Morgan fingerprint density at radius 2 is 0.852 bits per heavy atom. The zero-order chi connectivity index (χ0) is 36.4. The highest BCUT2D eigenvalue weighted by Gasteiger charge is 2.64. The number of benzene rings is 4. The standard InChI is InChI=1S/C28H33BO2.C22H21Cl/c1-26(2)27(3,4)31-29(30-26)24-11-7-9-22-21-8-5-6-10-23(21)28(25(22)24)19-13-17-12-18(15-19)16-20(28)14-17;23-20-7-3-5-18-17-4-1-2-6-19(17)22(21(18)20)15-9-13-8-14(11-15)12-16(22)10-13/h5-11,17-20H,12-16H2,1-4H3;1-7,13-16H,8-12H2. The highest BCUT2D eigenvalue weighted by Crippen LogP contribution is 2.71. The van der Waals surface area contributed by atoms with E-state index in [2.05, 4.69) is 113 Å². The van der Waals surface area contributed by atoms with Gasteiger partial charge in [-0.15, -0.1) is 0 Å². The molecule has 276 valence electrons. The third kappa shape index (κ3) is 4.13. The fraction of sp³-hybridized carbons (Fsp3) is 0.520. The zero-order valence-corrected chi connectivity index (χ0v) is 33.3. The normalized spacial score (nSPS) is 38.4. The Kier molecular flexibility index (Phi) is 6.89. The largest absolute Gasteiger partial charge is 0.495 e. The topological polar surface area (TPSA) is 18.5 Å². The molecule has 4 aromatic rings. The number of fused-ring (bicyclic) bond motifs is 6. The van der Waals surface area contributed by atoms with Crippen LogP contribution in [0.1, 0.15) is 114 Å². The molecule has 2 nitrogen and oxygen atoms in total. The summed E-state index contributed by atoms with van der Waals surface area (Å²) in [7, 11) is -0.289. The molecule has 11 aliphatic rings. The van der Waals surface area contributed by atoms with Gasteiger partial charge in [0.25, 0.3) is 0 Å². The summed E-state index contributed by atoms with van der Waals surface area (Å²) in [6, 6.07) is 31.9. The summed E-state index contributed by atoms with van der Waals surface area (Å²) >= 11 is 6.84. The van der Waals surface area contributed by atoms with Crippen LogP contribution >= 0.6 is 11.6 Å². The van der Waals surface area contributed by atoms with Crippen LogP contribution in [-0.2, 0) is 20.1 Å². The lowest BCUT2D eigenvalue weighted by molar-refractivity contribution is -0.0399. The predicted octanol–water partition coefficient (Wildman–Crippen LogP) is 11.8. The van der Waals surface area contributed by atoms with E-state index < -0.39 is 0 Å². The van der Waals surface area contributed by atoms with Gasteiger partial charge in [0, 0.05) is 15.9 Å². The van der Waals surface area contributed by atoms with Crippen LogP contribution < -0.4 is 5.46 Å². The highest BCUT2D eigenvalue weighted by atomic mass is 35.5. The van der Waals surface area contributed by atoms with Gasteiger partial charge in [0.15, 0.2) is 0 Å². The Balaban J connectivity index is 0.000000126. The molecule has 4 heteroatoms. The summed E-state index contributed by atoms with van der Waals surface area (Å²) in [5, 5.41) is 1.01. The molecule has 8 bridgehead atoms. The summed E-state index contributed by atoms with van der Waals surface area (Å²) in [6.45, 7) is 8.68. The Morgan fingerprint density at radius 3 is 1.33 bits per heavy atom. The van der Waals surface area contributed by atoms with Crippen molar-refractivity contribution in [1.82, 2.24) is 0 Å². The molecule has 0 aromatic heterocycles. The Morgan fingerprint density at radius 1 is 0.463 bits per heavy atom. The van der Waals surface area contributed by atoms with Gasteiger partial charge in [-0.05, 0) is 195 Å². The number of halogens is 1. The molecule has 0 amide bonds. The Labute approximate surface area is 327 Å². The predicted molar refractivity (Wildman–Crippen MR) is 220 cm³/mol. The van der Waals surface area contributed by atoms with Crippen LogP contribution in [0.3, 0.4) is 0 Å². The molecule has 9 fully saturated rings. The minimum absolute atomic E-state index is 0.152. The molecule has 0 N–H and O–H groups in total. The van der Waals surface area contributed by atoms with Crippen LogP contribution in [-0.4, -0.2) is 18.3 Å². The second kappa shape index (κ2) is 11.2. The average Bonchev–Trinajstić information content (AvgIpc) is 3.70. The summed E-state index contributed by atoms with van der Waals surface area (Å²) in [6.07, 6.45) is 14.3. The average molecular weight is 733 g/mol. The third-order valence-electron chi connectivity index (χ3n) is 17.6. The van der Waals surface area contributed by atoms with Crippen molar-refractivity contribution >= 4 is 24.2 Å². The van der Waals surface area contributed by atoms with Crippen LogP contribution in [0.15, 0.2) is 84.9 Å². The molecule has 1 saturated heterocycles. The van der Waals surface area contributed by atoms with Crippen LogP contribution in [0.25, 0.3) is 22.3 Å². The van der Waals surface area contributed by atoms with E-state index in [-0.39, 0.29) is 29.2 Å². The van der Waals surface area contributed by atoms with Gasteiger partial charge in [0.2, 0.25) is 0 Å². The van der Waals surface area contributed by atoms with Crippen LogP contribution in [0.5, 0.6) is 0 Å². The van der Waals surface area contributed by atoms with Crippen LogP contribution in [0.2, 0.25) is 5.02 Å². The first kappa shape index (κ1) is 33.3. The maximum atomic E-state index is 6.84. The fourth-order valence-corrected chi connectivity index (χ4v) is 15.9. The summed E-state index contributed by atoms with van der Waals surface area (Å²) in [5.41, 5.74) is 13.0. The molecule has 10 aliphatic carbocycles. The molecule has 0 radical (unpaired) electrons. The molecule has 8 saturated carbocycles. The number of hydrogen-bond donors (Lipinski definition) is 0. The van der Waals surface area contributed by atoms with Gasteiger partial charge in [-0.25, -0.2) is 0 Å². The van der Waals surface area contributed by atoms with E-state index in [4.69, 9.17) is 20.9 Å². The van der Waals surface area contributed by atoms with Gasteiger partial charge >= 0.3 is 7.12 Å². The molecular formula is C50H54BClO2. The molecule has 0 atom stereocenters. The van der Waals surface area contributed by atoms with Gasteiger partial charge in [-0.2, -0.15) is 0 Å². The third-order valence-corrected chi connectivity index (χ3v) is 17.9. The molecule has 0 unspecified atom stereocenters. The quantitative estimate of drug-likeness (QED) is 0.181. The minimum atomic E-state index is -0.316. The van der Waals surface area contributed by atoms with Crippen molar-refractivity contribution in [3.8, 4) is 22.3 Å². The Bertz CT molecular complexity index is 2140. The lowest BCUT2D eigenvalue weighted by atomic mass is 9.42. The van der Waals surface area contributed by atoms with Crippen LogP contribution in [0, 0.1) is 47.3 Å². The maximum absolute atomic E-state index is 6.84. The van der Waals surface area contributed by atoms with Crippen molar-refractivity contribution in [2.24, 2.45) is 47.3 Å². The molecule has 15 rings (SSSR count). The fourth-order valence-electron chi connectivity index (χ4n) is 15.6. The second-order valence-corrected chi connectivity index (χ2v) is 20.9. The van der Waals surface area contributed by atoms with Crippen molar-refractivity contribution in [3.63, 3.8) is 0 Å². The zero-order valence-electron chi connectivity index (χ0n) is 32.5. The molecule has 2 spiro atoms. The van der Waals surface area contributed by atoms with E-state index in [0.29, 0.717) is 0 Å². The van der Waals surface area contributed by atoms with Gasteiger partial charge in [0.1, 0.15) is 0 Å². The monoisotopic (exact) mass is 732 g/mol. The first-order chi connectivity index (χ1) is 26.1. The molecule has 4 aromatic carbocycles. The van der Waals surface area contributed by atoms with E-state index >= 15 is 0 Å². The lowest BCUT2D eigenvalue weighted by Gasteiger charge is -2.61. The van der Waals surface area contributed by atoms with Gasteiger partial charge in [-0.3, -0.25) is 0 Å². The van der Waals surface area contributed by atoms with Gasteiger partial charge in [0.05, 0.1) is 11.2 Å². The maximum Gasteiger partial charge on any atom is 0.495 e. The summed E-state index contributed by atoms with van der Waals surface area (Å²) in [5.74, 6) is 7.01. The summed E-state index contributed by atoms with van der Waals surface area (Å²) < 4.78 is 13.3. The van der Waals surface area contributed by atoms with E-state index in [1.807, 2.05) is 0 Å². The molecule has 1 aliphatic heterocycles. The van der Waals surface area contributed by atoms with Crippen molar-refractivity contribution < 1.29 is 9.31 Å². The van der Waals surface area contributed by atoms with Crippen molar-refractivity contribution in [2.45, 2.75) is 114 Å². The minimum Gasteiger partial charge on any atom is -0.399 e. The van der Waals surface area contributed by atoms with Crippen molar-refractivity contribution in [3.05, 3.63) is 112 Å². The van der Waals surface area contributed by atoms with E-state index in [0.717, 1.165) is 52.4 Å². The molecular weight excluding hydrogens is 679 g/mol. The smallest absolute Gasteiger partial charge is 0.399 e. The second-order valence-electron chi connectivity index (χ2n) is 20.5. The Hall–Kier alpha value is -2.85. The van der Waals surface area contributed by atoms with E-state index in [1.54, 1.807) is 16.7 Å². The first-order valence-corrected chi connectivity index (χ1v) is 21.9. The number of hydrogen-bond acceptors (Lipinski definition) is 2. The molecule has 54 heavy (non-hydrogen) atoms. The SMILES string of the molecule is CC1(C)OB(c2cccc3c2C2(c4ccccc4-3)C3CC4CC(C3)CC2C4)OC1(C)C.Clc1cccc2c1C1(c3ccccc3-2)C2CC3CC(C2)CC1C3. The van der Waals surface area contributed by atoms with Crippen molar-refractivity contribution in [1.29, 1.82) is 0 Å². The van der Waals surface area contributed by atoms with E-state index in [1.165, 1.54) is 97.5 Å². The highest BCUT2D eigenvalue weighted by molar-refractivity contribution is 6.63.